The van der Waals surface area contributed by atoms with Gasteiger partial charge in [0.15, 0.2) is 11.0 Å². The second-order valence-electron chi connectivity index (χ2n) is 4.01. The van der Waals surface area contributed by atoms with Crippen LogP contribution in [0.5, 0.6) is 0 Å². The number of Topliss-reactive ketones (excluding diaryl/α,β-unsaturated/α-hetero) is 1. The maximum absolute atomic E-state index is 11.8. The summed E-state index contributed by atoms with van der Waals surface area (Å²) in [6.07, 6.45) is 0.354. The molecule has 100 valence electrons. The number of halogens is 1. The normalized spacial score (nSPS) is 14.1. The van der Waals surface area contributed by atoms with Crippen LogP contribution in [0.3, 0.4) is 0 Å². The number of ketones is 1. The lowest BCUT2D eigenvalue weighted by Crippen LogP contribution is -2.27. The zero-order valence-electron chi connectivity index (χ0n) is 10.2. The molecule has 6 heteroatoms. The van der Waals surface area contributed by atoms with Gasteiger partial charge >= 0.3 is 0 Å². The first-order valence-corrected chi connectivity index (χ1v) is 7.27. The molecule has 0 spiro atoms. The fraction of sp³-hybridized carbons (Fsp3) is 0.308. The molecule has 0 saturated carbocycles. The van der Waals surface area contributed by atoms with Gasteiger partial charge in [0.2, 0.25) is 5.91 Å². The summed E-state index contributed by atoms with van der Waals surface area (Å²) in [5, 5.41) is 3.94. The lowest BCUT2D eigenvalue weighted by atomic mass is 10.1. The van der Waals surface area contributed by atoms with Crippen LogP contribution in [0.4, 0.5) is 0 Å². The van der Waals surface area contributed by atoms with Crippen molar-refractivity contribution < 1.29 is 9.59 Å². The molecule has 0 saturated heterocycles. The first-order chi connectivity index (χ1) is 9.15. The number of thioether (sulfide) groups is 1. The van der Waals surface area contributed by atoms with Crippen molar-refractivity contribution in [3.8, 4) is 0 Å². The first kappa shape index (κ1) is 14.1. The van der Waals surface area contributed by atoms with E-state index in [0.717, 1.165) is 12.3 Å². The number of nitrogens with one attached hydrogen (secondary N) is 1. The van der Waals surface area contributed by atoms with Crippen LogP contribution in [0.2, 0.25) is 5.02 Å². The van der Waals surface area contributed by atoms with Crippen molar-refractivity contribution in [3.63, 3.8) is 0 Å². The Morgan fingerprint density at radius 2 is 2.00 bits per heavy atom. The summed E-state index contributed by atoms with van der Waals surface area (Å²) >= 11 is 7.27. The number of amidine groups is 1. The van der Waals surface area contributed by atoms with Gasteiger partial charge in [0.1, 0.15) is 0 Å². The summed E-state index contributed by atoms with van der Waals surface area (Å²) in [5.41, 5.74) is 0.574. The number of hydrogen-bond acceptors (Lipinski definition) is 4. The summed E-state index contributed by atoms with van der Waals surface area (Å²) in [4.78, 5) is 27.6. The van der Waals surface area contributed by atoms with Crippen molar-refractivity contribution in [1.82, 2.24) is 5.32 Å². The highest BCUT2D eigenvalue weighted by atomic mass is 35.5. The van der Waals surface area contributed by atoms with Crippen LogP contribution >= 0.6 is 23.4 Å². The molecule has 0 radical (unpaired) electrons. The average molecular weight is 297 g/mol. The van der Waals surface area contributed by atoms with Crippen molar-refractivity contribution >= 4 is 40.2 Å². The molecule has 1 heterocycles. The SMILES string of the molecule is O=C(CCC(=O)c1ccc(Cl)cc1)NC1=NCCS1. The number of amides is 1. The molecule has 0 fully saturated rings. The minimum atomic E-state index is -0.171. The fourth-order valence-electron chi connectivity index (χ4n) is 1.60. The summed E-state index contributed by atoms with van der Waals surface area (Å²) in [5.74, 6) is 0.669. The minimum absolute atomic E-state index is 0.0622. The minimum Gasteiger partial charge on any atom is -0.305 e. The van der Waals surface area contributed by atoms with E-state index in [1.165, 1.54) is 11.8 Å². The highest BCUT2D eigenvalue weighted by Crippen LogP contribution is 2.12. The van der Waals surface area contributed by atoms with E-state index in [9.17, 15) is 9.59 Å². The Kier molecular flexibility index (Phi) is 4.99. The maximum Gasteiger partial charge on any atom is 0.226 e. The van der Waals surface area contributed by atoms with Crippen molar-refractivity contribution in [1.29, 1.82) is 0 Å². The van der Waals surface area contributed by atoms with E-state index >= 15 is 0 Å². The lowest BCUT2D eigenvalue weighted by molar-refractivity contribution is -0.119. The molecule has 0 bridgehead atoms. The van der Waals surface area contributed by atoms with Crippen LogP contribution in [0.1, 0.15) is 23.2 Å². The topological polar surface area (TPSA) is 58.5 Å². The molecule has 1 N–H and O–H groups in total. The molecular weight excluding hydrogens is 284 g/mol. The van der Waals surface area contributed by atoms with E-state index in [1.807, 2.05) is 0 Å². The highest BCUT2D eigenvalue weighted by Gasteiger charge is 2.13. The van der Waals surface area contributed by atoms with Crippen molar-refractivity contribution in [2.24, 2.45) is 4.99 Å². The third kappa shape index (κ3) is 4.36. The molecule has 19 heavy (non-hydrogen) atoms. The van der Waals surface area contributed by atoms with Gasteiger partial charge in [-0.05, 0) is 24.3 Å². The lowest BCUT2D eigenvalue weighted by Gasteiger charge is -2.03. The molecule has 1 amide bonds. The Balaban J connectivity index is 1.79. The monoisotopic (exact) mass is 296 g/mol. The number of hydrogen-bond donors (Lipinski definition) is 1. The van der Waals surface area contributed by atoms with Gasteiger partial charge < -0.3 is 5.32 Å². The molecular formula is C13H13ClN2O2S. The van der Waals surface area contributed by atoms with E-state index in [4.69, 9.17) is 11.6 Å². The molecule has 0 unspecified atom stereocenters. The maximum atomic E-state index is 11.8. The van der Waals surface area contributed by atoms with Crippen LogP contribution in [-0.2, 0) is 4.79 Å². The Morgan fingerprint density at radius 3 is 2.63 bits per heavy atom. The van der Waals surface area contributed by atoms with Crippen molar-refractivity contribution in [2.75, 3.05) is 12.3 Å². The standard InChI is InChI=1S/C13H13ClN2O2S/c14-10-3-1-9(2-4-10)11(17)5-6-12(18)16-13-15-7-8-19-13/h1-4H,5-8H2,(H,15,16,18). The summed E-state index contributed by atoms with van der Waals surface area (Å²) in [6, 6.07) is 6.66. The molecule has 0 aliphatic carbocycles. The van der Waals surface area contributed by atoms with E-state index in [0.29, 0.717) is 15.8 Å². The molecule has 1 aliphatic heterocycles. The quantitative estimate of drug-likeness (QED) is 0.869. The molecule has 0 aromatic heterocycles. The number of benzene rings is 1. The van der Waals surface area contributed by atoms with Gasteiger partial charge in [0.25, 0.3) is 0 Å². The number of nitrogens with zero attached hydrogens (tertiary/aromatic N) is 1. The van der Waals surface area contributed by atoms with Gasteiger partial charge in [0, 0.05) is 29.2 Å². The van der Waals surface area contributed by atoms with Crippen LogP contribution in [-0.4, -0.2) is 29.2 Å². The van der Waals surface area contributed by atoms with E-state index in [2.05, 4.69) is 10.3 Å². The smallest absolute Gasteiger partial charge is 0.226 e. The molecule has 1 aromatic rings. The van der Waals surface area contributed by atoms with Crippen molar-refractivity contribution in [3.05, 3.63) is 34.9 Å². The third-order valence-electron chi connectivity index (χ3n) is 2.58. The number of carbonyl (C=O) groups excluding carboxylic acids is 2. The molecule has 1 aliphatic rings. The van der Waals surface area contributed by atoms with Gasteiger partial charge in [0.05, 0.1) is 6.54 Å². The zero-order valence-corrected chi connectivity index (χ0v) is 11.8. The second kappa shape index (κ2) is 6.73. The summed E-state index contributed by atoms with van der Waals surface area (Å²) < 4.78 is 0. The molecule has 2 rings (SSSR count). The van der Waals surface area contributed by atoms with Gasteiger partial charge in [-0.15, -0.1) is 0 Å². The van der Waals surface area contributed by atoms with Crippen LogP contribution in [0.25, 0.3) is 0 Å². The van der Waals surface area contributed by atoms with E-state index in [1.54, 1.807) is 24.3 Å². The average Bonchev–Trinajstić information content (AvgIpc) is 2.89. The highest BCUT2D eigenvalue weighted by molar-refractivity contribution is 8.14. The first-order valence-electron chi connectivity index (χ1n) is 5.91. The van der Waals surface area contributed by atoms with E-state index < -0.39 is 0 Å². The van der Waals surface area contributed by atoms with Gasteiger partial charge in [-0.3, -0.25) is 14.6 Å². The Morgan fingerprint density at radius 1 is 1.26 bits per heavy atom. The van der Waals surface area contributed by atoms with Gasteiger partial charge in [-0.2, -0.15) is 0 Å². The van der Waals surface area contributed by atoms with Crippen LogP contribution < -0.4 is 5.32 Å². The van der Waals surface area contributed by atoms with Crippen molar-refractivity contribution in [2.45, 2.75) is 12.8 Å². The van der Waals surface area contributed by atoms with Gasteiger partial charge in [-0.25, -0.2) is 0 Å². The molecule has 4 nitrogen and oxygen atoms in total. The van der Waals surface area contributed by atoms with E-state index in [-0.39, 0.29) is 24.5 Å². The second-order valence-corrected chi connectivity index (χ2v) is 5.53. The summed E-state index contributed by atoms with van der Waals surface area (Å²) in [7, 11) is 0. The predicted molar refractivity (Wildman–Crippen MR) is 77.9 cm³/mol. The predicted octanol–water partition coefficient (Wildman–Crippen LogP) is 2.52. The Bertz CT molecular complexity index is 514. The summed E-state index contributed by atoms with van der Waals surface area (Å²) in [6.45, 7) is 0.740. The molecule has 0 atom stereocenters. The fourth-order valence-corrected chi connectivity index (χ4v) is 2.47. The zero-order chi connectivity index (χ0) is 13.7. The largest absolute Gasteiger partial charge is 0.305 e. The number of rotatable bonds is 4. The van der Waals surface area contributed by atoms with Crippen LogP contribution in [0.15, 0.2) is 29.3 Å². The van der Waals surface area contributed by atoms with Gasteiger partial charge in [-0.1, -0.05) is 23.4 Å². The number of aliphatic imine (C=N–C) groups is 1. The number of carbonyl (C=O) groups is 2. The Labute approximate surface area is 120 Å². The van der Waals surface area contributed by atoms with Crippen LogP contribution in [0, 0.1) is 0 Å². The molecule has 1 aromatic carbocycles. The Hall–Kier alpha value is -1.33. The third-order valence-corrected chi connectivity index (χ3v) is 3.72.